The van der Waals surface area contributed by atoms with Gasteiger partial charge in [0.25, 0.3) is 5.91 Å². The third-order valence-corrected chi connectivity index (χ3v) is 6.56. The molecule has 1 aromatic heterocycles. The van der Waals surface area contributed by atoms with Crippen molar-refractivity contribution in [2.24, 2.45) is 0 Å². The van der Waals surface area contributed by atoms with E-state index in [1.54, 1.807) is 11.3 Å². The van der Waals surface area contributed by atoms with Gasteiger partial charge in [-0.2, -0.15) is 0 Å². The molecule has 1 aromatic rings. The second kappa shape index (κ2) is 8.45. The predicted molar refractivity (Wildman–Crippen MR) is 99.0 cm³/mol. The van der Waals surface area contributed by atoms with Gasteiger partial charge in [0.2, 0.25) is 0 Å². The molecule has 0 unspecified atom stereocenters. The van der Waals surface area contributed by atoms with E-state index in [4.69, 9.17) is 4.74 Å². The van der Waals surface area contributed by atoms with Gasteiger partial charge < -0.3 is 14.5 Å². The summed E-state index contributed by atoms with van der Waals surface area (Å²) in [6.45, 7) is 10.1. The van der Waals surface area contributed by atoms with Gasteiger partial charge in [-0.3, -0.25) is 4.79 Å². The summed E-state index contributed by atoms with van der Waals surface area (Å²) < 4.78 is 6.04. The summed E-state index contributed by atoms with van der Waals surface area (Å²) in [4.78, 5) is 19.4. The van der Waals surface area contributed by atoms with Crippen LogP contribution < -0.4 is 0 Å². The maximum atomic E-state index is 12.7. The summed E-state index contributed by atoms with van der Waals surface area (Å²) in [7, 11) is 0. The Morgan fingerprint density at radius 2 is 2.08 bits per heavy atom. The molecule has 0 radical (unpaired) electrons. The number of aryl methyl sites for hydroxylation is 2. The Morgan fingerprint density at radius 1 is 1.29 bits per heavy atom. The topological polar surface area (TPSA) is 32.8 Å². The molecule has 2 saturated heterocycles. The number of hydrogen-bond acceptors (Lipinski definition) is 4. The Morgan fingerprint density at radius 3 is 2.79 bits per heavy atom. The Hall–Kier alpha value is -0.910. The molecule has 5 heteroatoms. The lowest BCUT2D eigenvalue weighted by Crippen LogP contribution is -2.34. The molecule has 2 aliphatic heterocycles. The van der Waals surface area contributed by atoms with Gasteiger partial charge in [0.1, 0.15) is 0 Å². The molecule has 4 nitrogen and oxygen atoms in total. The van der Waals surface area contributed by atoms with Crippen LogP contribution in [0.2, 0.25) is 0 Å². The largest absolute Gasteiger partial charge is 0.375 e. The molecule has 0 spiro atoms. The average Bonchev–Trinajstić information content (AvgIpc) is 3.22. The van der Waals surface area contributed by atoms with E-state index in [1.807, 2.05) is 4.90 Å². The molecule has 3 rings (SSSR count). The summed E-state index contributed by atoms with van der Waals surface area (Å²) >= 11 is 1.65. The molecule has 0 aromatic carbocycles. The zero-order valence-corrected chi connectivity index (χ0v) is 15.9. The Bertz CT molecular complexity index is 552. The van der Waals surface area contributed by atoms with E-state index in [-0.39, 0.29) is 12.0 Å². The summed E-state index contributed by atoms with van der Waals surface area (Å²) in [5.41, 5.74) is 1.25. The van der Waals surface area contributed by atoms with Crippen molar-refractivity contribution < 1.29 is 9.53 Å². The minimum Gasteiger partial charge on any atom is -0.375 e. The lowest BCUT2D eigenvalue weighted by Gasteiger charge is -2.26. The molecule has 1 atom stereocenters. The summed E-state index contributed by atoms with van der Waals surface area (Å²) in [5.74, 6) is 0.185. The van der Waals surface area contributed by atoms with Crippen LogP contribution in [-0.2, 0) is 11.2 Å². The van der Waals surface area contributed by atoms with E-state index < -0.39 is 0 Å². The number of ether oxygens (including phenoxy) is 1. The van der Waals surface area contributed by atoms with E-state index in [1.165, 1.54) is 42.8 Å². The van der Waals surface area contributed by atoms with Crippen molar-refractivity contribution in [1.82, 2.24) is 9.80 Å². The molecule has 2 fully saturated rings. The van der Waals surface area contributed by atoms with Crippen molar-refractivity contribution in [1.29, 1.82) is 0 Å². The van der Waals surface area contributed by atoms with Gasteiger partial charge in [-0.05, 0) is 57.3 Å². The number of piperidine rings is 1. The minimum absolute atomic E-state index is 0.185. The summed E-state index contributed by atoms with van der Waals surface area (Å²) in [5, 5.41) is 0. The Balaban J connectivity index is 1.43. The number of amides is 1. The molecule has 134 valence electrons. The number of carbonyl (C=O) groups excluding carboxylic acids is 1. The van der Waals surface area contributed by atoms with Crippen LogP contribution in [0, 0.1) is 6.92 Å². The van der Waals surface area contributed by atoms with Gasteiger partial charge in [0.05, 0.1) is 17.6 Å². The number of hydrogen-bond donors (Lipinski definition) is 0. The summed E-state index contributed by atoms with van der Waals surface area (Å²) in [6, 6.07) is 2.05. The molecule has 0 saturated carbocycles. The van der Waals surface area contributed by atoms with Gasteiger partial charge >= 0.3 is 0 Å². The van der Waals surface area contributed by atoms with Crippen molar-refractivity contribution in [3.63, 3.8) is 0 Å². The zero-order chi connectivity index (χ0) is 16.9. The molecular formula is C19H30N2O2S. The first-order valence-electron chi connectivity index (χ1n) is 9.40. The SMILES string of the molecule is CCc1sc(C(=O)N2CC[C@H](OCCN3CCCCC3)C2)cc1C. The molecule has 0 N–H and O–H groups in total. The van der Waals surface area contributed by atoms with Gasteiger partial charge in [0.15, 0.2) is 0 Å². The van der Waals surface area contributed by atoms with Crippen LogP contribution in [0.5, 0.6) is 0 Å². The van der Waals surface area contributed by atoms with E-state index in [0.29, 0.717) is 0 Å². The van der Waals surface area contributed by atoms with Crippen LogP contribution in [0.15, 0.2) is 6.07 Å². The standard InChI is InChI=1S/C19H30N2O2S/c1-3-17-15(2)13-18(24-17)19(22)21-10-7-16(14-21)23-12-11-20-8-5-4-6-9-20/h13,16H,3-12,14H2,1-2H3/t16-/m0/s1. The van der Waals surface area contributed by atoms with Gasteiger partial charge in [-0.15, -0.1) is 11.3 Å². The Kier molecular flexibility index (Phi) is 6.31. The molecule has 1 amide bonds. The third-order valence-electron chi connectivity index (χ3n) is 5.19. The maximum Gasteiger partial charge on any atom is 0.264 e. The number of likely N-dealkylation sites (tertiary alicyclic amines) is 2. The fourth-order valence-electron chi connectivity index (χ4n) is 3.71. The van der Waals surface area contributed by atoms with Gasteiger partial charge in [-0.25, -0.2) is 0 Å². The highest BCUT2D eigenvalue weighted by Gasteiger charge is 2.28. The monoisotopic (exact) mass is 350 g/mol. The average molecular weight is 351 g/mol. The normalized spacial score (nSPS) is 22.2. The third kappa shape index (κ3) is 4.38. The molecule has 3 heterocycles. The van der Waals surface area contributed by atoms with Crippen LogP contribution in [-0.4, -0.2) is 61.1 Å². The van der Waals surface area contributed by atoms with Crippen molar-refractivity contribution in [2.45, 2.75) is 52.1 Å². The smallest absolute Gasteiger partial charge is 0.264 e. The van der Waals surface area contributed by atoms with E-state index in [2.05, 4.69) is 24.8 Å². The van der Waals surface area contributed by atoms with Crippen LogP contribution in [0.3, 0.4) is 0 Å². The van der Waals surface area contributed by atoms with Gasteiger partial charge in [0, 0.05) is 24.5 Å². The van der Waals surface area contributed by atoms with Crippen LogP contribution in [0.1, 0.15) is 52.7 Å². The fourth-order valence-corrected chi connectivity index (χ4v) is 4.79. The number of carbonyl (C=O) groups is 1. The van der Waals surface area contributed by atoms with E-state index >= 15 is 0 Å². The maximum absolute atomic E-state index is 12.7. The second-order valence-electron chi connectivity index (χ2n) is 7.01. The van der Waals surface area contributed by atoms with Gasteiger partial charge in [-0.1, -0.05) is 13.3 Å². The Labute approximate surface area is 149 Å². The first-order chi connectivity index (χ1) is 11.7. The lowest BCUT2D eigenvalue weighted by molar-refractivity contribution is 0.0380. The molecular weight excluding hydrogens is 320 g/mol. The van der Waals surface area contributed by atoms with Crippen LogP contribution in [0.4, 0.5) is 0 Å². The quantitative estimate of drug-likeness (QED) is 0.789. The predicted octanol–water partition coefficient (Wildman–Crippen LogP) is 3.34. The highest BCUT2D eigenvalue weighted by molar-refractivity contribution is 7.14. The van der Waals surface area contributed by atoms with Crippen LogP contribution in [0.25, 0.3) is 0 Å². The lowest BCUT2D eigenvalue weighted by atomic mass is 10.1. The molecule has 0 aliphatic carbocycles. The molecule has 24 heavy (non-hydrogen) atoms. The second-order valence-corrected chi connectivity index (χ2v) is 8.14. The summed E-state index contributed by atoms with van der Waals surface area (Å²) in [6.07, 6.45) is 6.21. The highest BCUT2D eigenvalue weighted by atomic mass is 32.1. The minimum atomic E-state index is 0.185. The molecule has 2 aliphatic rings. The highest BCUT2D eigenvalue weighted by Crippen LogP contribution is 2.25. The fraction of sp³-hybridized carbons (Fsp3) is 0.737. The van der Waals surface area contributed by atoms with E-state index in [9.17, 15) is 4.79 Å². The number of rotatable bonds is 6. The first kappa shape index (κ1) is 17.9. The van der Waals surface area contributed by atoms with Crippen molar-refractivity contribution in [3.8, 4) is 0 Å². The zero-order valence-electron chi connectivity index (χ0n) is 15.1. The van der Waals surface area contributed by atoms with Crippen molar-refractivity contribution in [2.75, 3.05) is 39.3 Å². The molecule has 0 bridgehead atoms. The number of nitrogens with zero attached hydrogens (tertiary/aromatic N) is 2. The number of thiophene rings is 1. The van der Waals surface area contributed by atoms with Crippen LogP contribution >= 0.6 is 11.3 Å². The van der Waals surface area contributed by atoms with Crippen molar-refractivity contribution >= 4 is 17.2 Å². The van der Waals surface area contributed by atoms with Crippen molar-refractivity contribution in [3.05, 3.63) is 21.4 Å². The van der Waals surface area contributed by atoms with E-state index in [0.717, 1.165) is 44.0 Å². The first-order valence-corrected chi connectivity index (χ1v) is 10.2.